The summed E-state index contributed by atoms with van der Waals surface area (Å²) < 4.78 is 6.78. The van der Waals surface area contributed by atoms with Crippen molar-refractivity contribution in [2.45, 2.75) is 45.1 Å². The molecule has 3 heteroatoms. The molecule has 1 rings (SSSR count). The molecule has 0 aliphatic heterocycles. The van der Waals surface area contributed by atoms with Gasteiger partial charge in [-0.1, -0.05) is 12.1 Å². The number of rotatable bonds is 9. The summed E-state index contributed by atoms with van der Waals surface area (Å²) in [5.74, 6) is 0.914. The van der Waals surface area contributed by atoms with Crippen LogP contribution in [0.3, 0.4) is 0 Å². The first-order chi connectivity index (χ1) is 9.13. The van der Waals surface area contributed by atoms with Gasteiger partial charge in [-0.25, -0.2) is 0 Å². The monoisotopic (exact) mass is 325 g/mol. The molecule has 1 aromatic carbocycles. The molecule has 0 aromatic heterocycles. The Morgan fingerprint density at radius 1 is 1.37 bits per heavy atom. The van der Waals surface area contributed by atoms with Crippen molar-refractivity contribution in [3.05, 3.63) is 40.9 Å². The van der Waals surface area contributed by atoms with Crippen LogP contribution in [0.5, 0.6) is 5.75 Å². The Labute approximate surface area is 125 Å². The van der Waals surface area contributed by atoms with Gasteiger partial charge in [0.15, 0.2) is 0 Å². The van der Waals surface area contributed by atoms with E-state index in [9.17, 15) is 0 Å². The van der Waals surface area contributed by atoms with Crippen molar-refractivity contribution in [2.24, 2.45) is 5.73 Å². The maximum Gasteiger partial charge on any atom is 0.133 e. The molecule has 19 heavy (non-hydrogen) atoms. The number of allylic oxidation sites excluding steroid dienone is 1. The van der Waals surface area contributed by atoms with Crippen LogP contribution >= 0.6 is 15.9 Å². The Morgan fingerprint density at radius 2 is 2.16 bits per heavy atom. The zero-order chi connectivity index (χ0) is 14.1. The molecule has 0 bridgehead atoms. The van der Waals surface area contributed by atoms with E-state index < -0.39 is 0 Å². The average molecular weight is 326 g/mol. The molecule has 1 atom stereocenters. The topological polar surface area (TPSA) is 35.2 Å². The second kappa shape index (κ2) is 9.16. The predicted molar refractivity (Wildman–Crippen MR) is 85.7 cm³/mol. The highest BCUT2D eigenvalue weighted by atomic mass is 79.9. The molecule has 0 aliphatic carbocycles. The van der Waals surface area contributed by atoms with Gasteiger partial charge in [0.05, 0.1) is 11.1 Å². The maximum absolute atomic E-state index is 5.80. The van der Waals surface area contributed by atoms with Crippen molar-refractivity contribution in [1.29, 1.82) is 0 Å². The summed E-state index contributed by atoms with van der Waals surface area (Å²) in [6.45, 7) is 6.50. The van der Waals surface area contributed by atoms with Crippen LogP contribution in [0.15, 0.2) is 35.3 Å². The van der Waals surface area contributed by atoms with Crippen LogP contribution in [-0.2, 0) is 6.42 Å². The van der Waals surface area contributed by atoms with E-state index in [1.807, 2.05) is 19.1 Å². The van der Waals surface area contributed by atoms with E-state index in [-0.39, 0.29) is 6.04 Å². The summed E-state index contributed by atoms with van der Waals surface area (Å²) in [6.07, 6.45) is 7.42. The second-order valence-corrected chi connectivity index (χ2v) is 5.79. The summed E-state index contributed by atoms with van der Waals surface area (Å²) in [4.78, 5) is 0. The Balaban J connectivity index is 2.36. The van der Waals surface area contributed by atoms with E-state index in [4.69, 9.17) is 10.5 Å². The minimum atomic E-state index is 0.184. The zero-order valence-electron chi connectivity index (χ0n) is 11.7. The van der Waals surface area contributed by atoms with Crippen molar-refractivity contribution in [1.82, 2.24) is 0 Å². The van der Waals surface area contributed by atoms with E-state index in [1.165, 1.54) is 18.4 Å². The van der Waals surface area contributed by atoms with Crippen LogP contribution in [0, 0.1) is 0 Å². The van der Waals surface area contributed by atoms with Gasteiger partial charge < -0.3 is 10.5 Å². The summed E-state index contributed by atoms with van der Waals surface area (Å²) in [7, 11) is 0. The molecule has 0 spiro atoms. The normalized spacial score (nSPS) is 12.2. The van der Waals surface area contributed by atoms with Crippen molar-refractivity contribution < 1.29 is 4.74 Å². The van der Waals surface area contributed by atoms with Gasteiger partial charge in [-0.15, -0.1) is 6.58 Å². The van der Waals surface area contributed by atoms with Crippen LogP contribution in [0.25, 0.3) is 0 Å². The van der Waals surface area contributed by atoms with Gasteiger partial charge in [0, 0.05) is 6.04 Å². The fraction of sp³-hybridized carbons (Fsp3) is 0.500. The van der Waals surface area contributed by atoms with Crippen molar-refractivity contribution in [2.75, 3.05) is 6.61 Å². The Kier molecular flexibility index (Phi) is 7.84. The molecule has 0 amide bonds. The smallest absolute Gasteiger partial charge is 0.133 e. The molecule has 0 aliphatic rings. The van der Waals surface area contributed by atoms with E-state index in [2.05, 4.69) is 34.6 Å². The average Bonchev–Trinajstić information content (AvgIpc) is 2.35. The number of hydrogen-bond acceptors (Lipinski definition) is 2. The van der Waals surface area contributed by atoms with E-state index in [0.29, 0.717) is 0 Å². The minimum absolute atomic E-state index is 0.184. The summed E-state index contributed by atoms with van der Waals surface area (Å²) >= 11 is 3.55. The third kappa shape index (κ3) is 6.79. The zero-order valence-corrected chi connectivity index (χ0v) is 13.3. The molecular formula is C16H24BrNO. The Hall–Kier alpha value is -0.800. The van der Waals surface area contributed by atoms with Crippen molar-refractivity contribution >= 4 is 15.9 Å². The van der Waals surface area contributed by atoms with Gasteiger partial charge in [0.1, 0.15) is 5.75 Å². The molecule has 0 heterocycles. The third-order valence-electron chi connectivity index (χ3n) is 2.86. The lowest BCUT2D eigenvalue weighted by Crippen LogP contribution is -2.17. The third-order valence-corrected chi connectivity index (χ3v) is 3.48. The highest BCUT2D eigenvalue weighted by Gasteiger charge is 2.04. The molecule has 0 saturated carbocycles. The van der Waals surface area contributed by atoms with Crippen LogP contribution in [0.1, 0.15) is 38.2 Å². The van der Waals surface area contributed by atoms with Gasteiger partial charge in [0.2, 0.25) is 0 Å². The molecule has 0 fully saturated rings. The fourth-order valence-corrected chi connectivity index (χ4v) is 2.45. The largest absolute Gasteiger partial charge is 0.492 e. The molecule has 2 nitrogen and oxygen atoms in total. The predicted octanol–water partition coefficient (Wildman–Crippen LogP) is 4.46. The van der Waals surface area contributed by atoms with Crippen molar-refractivity contribution in [3.63, 3.8) is 0 Å². The number of hydrogen-bond donors (Lipinski definition) is 1. The van der Waals surface area contributed by atoms with Gasteiger partial charge in [-0.3, -0.25) is 0 Å². The SMILES string of the molecule is C=CCCCCCOc1ccc(CC(C)N)cc1Br. The number of nitrogens with two attached hydrogens (primary N) is 1. The van der Waals surface area contributed by atoms with Gasteiger partial charge in [-0.05, 0) is 72.7 Å². The first-order valence-electron chi connectivity index (χ1n) is 6.91. The molecule has 1 aromatic rings. The van der Waals surface area contributed by atoms with Crippen LogP contribution < -0.4 is 10.5 Å². The standard InChI is InChI=1S/C16H24BrNO/c1-3-4-5-6-7-10-19-16-9-8-14(11-13(2)18)12-15(16)17/h3,8-9,12-13H,1,4-7,10-11,18H2,2H3. The Morgan fingerprint density at radius 3 is 2.79 bits per heavy atom. The van der Waals surface area contributed by atoms with Crippen molar-refractivity contribution in [3.8, 4) is 5.75 Å². The summed E-state index contributed by atoms with van der Waals surface area (Å²) in [5, 5.41) is 0. The van der Waals surface area contributed by atoms with Crippen LogP contribution in [0.2, 0.25) is 0 Å². The number of halogens is 1. The summed E-state index contributed by atoms with van der Waals surface area (Å²) in [5.41, 5.74) is 7.03. The van der Waals surface area contributed by atoms with Gasteiger partial charge >= 0.3 is 0 Å². The number of benzene rings is 1. The van der Waals surface area contributed by atoms with Crippen LogP contribution in [0.4, 0.5) is 0 Å². The molecule has 2 N–H and O–H groups in total. The Bertz CT molecular complexity index is 390. The highest BCUT2D eigenvalue weighted by Crippen LogP contribution is 2.26. The first-order valence-corrected chi connectivity index (χ1v) is 7.70. The lowest BCUT2D eigenvalue weighted by molar-refractivity contribution is 0.303. The molecule has 0 radical (unpaired) electrons. The van der Waals surface area contributed by atoms with Gasteiger partial charge in [0.25, 0.3) is 0 Å². The lowest BCUT2D eigenvalue weighted by atomic mass is 10.1. The first kappa shape index (κ1) is 16.3. The van der Waals surface area contributed by atoms with E-state index in [1.54, 1.807) is 0 Å². The quantitative estimate of drug-likeness (QED) is 0.537. The molecule has 0 saturated heterocycles. The van der Waals surface area contributed by atoms with E-state index >= 15 is 0 Å². The second-order valence-electron chi connectivity index (χ2n) is 4.93. The number of ether oxygens (including phenoxy) is 1. The van der Waals surface area contributed by atoms with Gasteiger partial charge in [-0.2, -0.15) is 0 Å². The van der Waals surface area contributed by atoms with E-state index in [0.717, 1.165) is 36.1 Å². The van der Waals surface area contributed by atoms with Crippen LogP contribution in [-0.4, -0.2) is 12.6 Å². The fourth-order valence-electron chi connectivity index (χ4n) is 1.91. The molecule has 1 unspecified atom stereocenters. The summed E-state index contributed by atoms with van der Waals surface area (Å²) in [6, 6.07) is 6.38. The highest BCUT2D eigenvalue weighted by molar-refractivity contribution is 9.10. The molecular weight excluding hydrogens is 302 g/mol. The molecule has 106 valence electrons. The number of unbranched alkanes of at least 4 members (excludes halogenated alkanes) is 3. The minimum Gasteiger partial charge on any atom is -0.492 e. The lowest BCUT2D eigenvalue weighted by Gasteiger charge is -2.11. The maximum atomic E-state index is 5.80.